The number of rotatable bonds is 5. The second kappa shape index (κ2) is 7.45. The fraction of sp³-hybridized carbons (Fsp3) is 0.176. The molecule has 3 aromatic rings. The van der Waals surface area contributed by atoms with Crippen LogP contribution >= 0.6 is 11.6 Å². The first-order valence-corrected chi connectivity index (χ1v) is 8.14. The predicted molar refractivity (Wildman–Crippen MR) is 94.7 cm³/mol. The van der Waals surface area contributed by atoms with Crippen LogP contribution in [0.1, 0.15) is 16.7 Å². The summed E-state index contributed by atoms with van der Waals surface area (Å²) in [5.74, 6) is 0.241. The van der Waals surface area contributed by atoms with Crippen molar-refractivity contribution in [1.29, 1.82) is 0 Å². The minimum atomic E-state index is -4.53. The Labute approximate surface area is 157 Å². The number of hydrogen-bond acceptors (Lipinski definition) is 5. The number of nitrogens with zero attached hydrogens (tertiary/aromatic N) is 3. The minimum absolute atomic E-state index is 0.0603. The van der Waals surface area contributed by atoms with Gasteiger partial charge in [-0.05, 0) is 43.2 Å². The maximum Gasteiger partial charge on any atom is 0.417 e. The molecule has 0 aliphatic rings. The van der Waals surface area contributed by atoms with Crippen LogP contribution in [-0.2, 0) is 6.18 Å². The molecule has 0 saturated carbocycles. The van der Waals surface area contributed by atoms with Crippen LogP contribution in [0.2, 0.25) is 5.02 Å². The zero-order valence-electron chi connectivity index (χ0n) is 14.3. The molecule has 0 aliphatic heterocycles. The average Bonchev–Trinajstić information content (AvgIpc) is 3.05. The van der Waals surface area contributed by atoms with E-state index in [4.69, 9.17) is 16.4 Å². The molecule has 0 unspecified atom stereocenters. The Morgan fingerprint density at radius 1 is 1.11 bits per heavy atom. The number of nitrogens with one attached hydrogen (secondary N) is 2. The lowest BCUT2D eigenvalue weighted by Gasteiger charge is -2.13. The molecule has 142 valence electrons. The van der Waals surface area contributed by atoms with Gasteiger partial charge in [0.1, 0.15) is 6.33 Å². The average molecular weight is 398 g/mol. The molecule has 2 heterocycles. The predicted octanol–water partition coefficient (Wildman–Crippen LogP) is 4.47. The third kappa shape index (κ3) is 4.32. The van der Waals surface area contributed by atoms with E-state index in [0.717, 1.165) is 22.9 Å². The maximum absolute atomic E-state index is 12.7. The fourth-order valence-electron chi connectivity index (χ4n) is 2.24. The Hall–Kier alpha value is -2.78. The van der Waals surface area contributed by atoms with Crippen molar-refractivity contribution in [1.82, 2.24) is 20.1 Å². The van der Waals surface area contributed by atoms with E-state index < -0.39 is 11.7 Å². The van der Waals surface area contributed by atoms with Crippen molar-refractivity contribution in [2.75, 3.05) is 5.43 Å². The molecule has 1 aromatic carbocycles. The molecule has 0 atom stereocenters. The van der Waals surface area contributed by atoms with Crippen LogP contribution in [0.5, 0.6) is 5.88 Å². The van der Waals surface area contributed by atoms with E-state index in [-0.39, 0.29) is 16.7 Å². The van der Waals surface area contributed by atoms with Gasteiger partial charge in [-0.3, -0.25) is 9.99 Å². The van der Waals surface area contributed by atoms with Gasteiger partial charge in [0.2, 0.25) is 5.88 Å². The Morgan fingerprint density at radius 3 is 2.56 bits per heavy atom. The van der Waals surface area contributed by atoms with Crippen LogP contribution in [0.4, 0.5) is 18.9 Å². The van der Waals surface area contributed by atoms with Crippen LogP contribution in [0.25, 0.3) is 5.82 Å². The van der Waals surface area contributed by atoms with Gasteiger partial charge in [-0.15, -0.1) is 0 Å². The summed E-state index contributed by atoms with van der Waals surface area (Å²) < 4.78 is 39.5. The SMILES string of the molecule is Cc1ccc(NNOc2cncn2-c2ncc(C(F)(F)F)cc2Cl)cc1C. The number of hydrazine groups is 1. The number of aryl methyl sites for hydroxylation is 2. The molecule has 0 fully saturated rings. The van der Waals surface area contributed by atoms with E-state index in [1.165, 1.54) is 17.1 Å². The van der Waals surface area contributed by atoms with E-state index in [1.54, 1.807) is 0 Å². The lowest BCUT2D eigenvalue weighted by atomic mass is 10.1. The molecule has 27 heavy (non-hydrogen) atoms. The summed E-state index contributed by atoms with van der Waals surface area (Å²) in [6.45, 7) is 3.98. The number of pyridine rings is 1. The summed E-state index contributed by atoms with van der Waals surface area (Å²) in [5.41, 5.74) is 7.51. The molecule has 0 amide bonds. The first kappa shape index (κ1) is 19.0. The quantitative estimate of drug-likeness (QED) is 0.622. The van der Waals surface area contributed by atoms with Crippen LogP contribution in [0.3, 0.4) is 0 Å². The number of anilines is 1. The highest BCUT2D eigenvalue weighted by atomic mass is 35.5. The number of imidazole rings is 1. The van der Waals surface area contributed by atoms with Gasteiger partial charge in [-0.2, -0.15) is 13.2 Å². The molecular formula is C17H15ClF3N5O. The van der Waals surface area contributed by atoms with Crippen molar-refractivity contribution in [3.8, 4) is 11.7 Å². The molecule has 0 radical (unpaired) electrons. The molecule has 0 spiro atoms. The van der Waals surface area contributed by atoms with Crippen molar-refractivity contribution in [3.05, 3.63) is 64.7 Å². The van der Waals surface area contributed by atoms with Crippen LogP contribution in [0.15, 0.2) is 43.0 Å². The zero-order valence-corrected chi connectivity index (χ0v) is 15.1. The third-order valence-corrected chi connectivity index (χ3v) is 4.12. The summed E-state index contributed by atoms with van der Waals surface area (Å²) in [6.07, 6.45) is -1.13. The molecule has 2 aromatic heterocycles. The van der Waals surface area contributed by atoms with Crippen LogP contribution in [-0.4, -0.2) is 14.5 Å². The van der Waals surface area contributed by atoms with Gasteiger partial charge in [-0.25, -0.2) is 9.97 Å². The van der Waals surface area contributed by atoms with Crippen molar-refractivity contribution >= 4 is 17.3 Å². The van der Waals surface area contributed by atoms with Crippen LogP contribution in [0, 0.1) is 13.8 Å². The van der Waals surface area contributed by atoms with Crippen molar-refractivity contribution in [2.24, 2.45) is 0 Å². The Bertz CT molecular complexity index is 958. The topological polar surface area (TPSA) is 64.0 Å². The van der Waals surface area contributed by atoms with Gasteiger partial charge in [0, 0.05) is 6.20 Å². The second-order valence-electron chi connectivity index (χ2n) is 5.76. The Morgan fingerprint density at radius 2 is 1.89 bits per heavy atom. The molecule has 10 heteroatoms. The largest absolute Gasteiger partial charge is 0.417 e. The first-order chi connectivity index (χ1) is 12.8. The van der Waals surface area contributed by atoms with Crippen molar-refractivity contribution < 1.29 is 18.0 Å². The standard InChI is InChI=1S/C17H15ClF3N5O/c1-10-3-4-13(5-11(10)2)24-25-27-15-8-22-9-26(15)16-14(18)6-12(7-23-16)17(19,20)21/h3-9,24-25H,1-2H3. The Balaban J connectivity index is 1.73. The molecule has 0 bridgehead atoms. The van der Waals surface area contributed by atoms with Crippen LogP contribution < -0.4 is 15.9 Å². The van der Waals surface area contributed by atoms with Gasteiger partial charge >= 0.3 is 6.18 Å². The van der Waals surface area contributed by atoms with Gasteiger partial charge in [0.25, 0.3) is 0 Å². The summed E-state index contributed by atoms with van der Waals surface area (Å²) >= 11 is 5.96. The molecule has 0 saturated heterocycles. The van der Waals surface area contributed by atoms with Gasteiger partial charge in [0.05, 0.1) is 22.5 Å². The maximum atomic E-state index is 12.7. The fourth-order valence-corrected chi connectivity index (χ4v) is 2.49. The smallest absolute Gasteiger partial charge is 0.369 e. The third-order valence-electron chi connectivity index (χ3n) is 3.84. The van der Waals surface area contributed by atoms with E-state index in [9.17, 15) is 13.2 Å². The van der Waals surface area contributed by atoms with Gasteiger partial charge < -0.3 is 4.84 Å². The highest BCUT2D eigenvalue weighted by Gasteiger charge is 2.31. The van der Waals surface area contributed by atoms with Crippen molar-refractivity contribution in [3.63, 3.8) is 0 Å². The number of halogens is 4. The molecule has 2 N–H and O–H groups in total. The van der Waals surface area contributed by atoms with Gasteiger partial charge in [-0.1, -0.05) is 23.3 Å². The van der Waals surface area contributed by atoms with E-state index in [1.807, 2.05) is 32.0 Å². The summed E-state index contributed by atoms with van der Waals surface area (Å²) in [4.78, 5) is 13.1. The molecule has 3 rings (SSSR count). The molecule has 0 aliphatic carbocycles. The summed E-state index contributed by atoms with van der Waals surface area (Å²) in [5, 5.41) is -0.185. The number of benzene rings is 1. The molecular weight excluding hydrogens is 383 g/mol. The molecule has 6 nitrogen and oxygen atoms in total. The lowest BCUT2D eigenvalue weighted by molar-refractivity contribution is -0.137. The zero-order chi connectivity index (χ0) is 19.6. The monoisotopic (exact) mass is 397 g/mol. The lowest BCUT2D eigenvalue weighted by Crippen LogP contribution is -2.26. The number of aromatic nitrogens is 3. The van der Waals surface area contributed by atoms with E-state index in [0.29, 0.717) is 6.20 Å². The van der Waals surface area contributed by atoms with Crippen molar-refractivity contribution in [2.45, 2.75) is 20.0 Å². The first-order valence-electron chi connectivity index (χ1n) is 7.76. The van der Waals surface area contributed by atoms with Gasteiger partial charge in [0.15, 0.2) is 5.82 Å². The normalized spacial score (nSPS) is 11.5. The Kier molecular flexibility index (Phi) is 5.24. The summed E-state index contributed by atoms with van der Waals surface area (Å²) in [6, 6.07) is 6.55. The highest BCUT2D eigenvalue weighted by Crippen LogP contribution is 2.32. The van der Waals surface area contributed by atoms with E-state index in [2.05, 4.69) is 21.0 Å². The highest BCUT2D eigenvalue weighted by molar-refractivity contribution is 6.32. The summed E-state index contributed by atoms with van der Waals surface area (Å²) in [7, 11) is 0. The minimum Gasteiger partial charge on any atom is -0.369 e. The number of hydrogen-bond donors (Lipinski definition) is 2. The van der Waals surface area contributed by atoms with E-state index >= 15 is 0 Å². The number of alkyl halides is 3. The second-order valence-corrected chi connectivity index (χ2v) is 6.16.